The molecule has 0 unspecified atom stereocenters. The minimum atomic E-state index is -0.248. The van der Waals surface area contributed by atoms with Crippen LogP contribution in [0.5, 0.6) is 0 Å². The van der Waals surface area contributed by atoms with E-state index < -0.39 is 0 Å². The summed E-state index contributed by atoms with van der Waals surface area (Å²) in [7, 11) is 0. The van der Waals surface area contributed by atoms with E-state index in [0.717, 1.165) is 0 Å². The Kier molecular flexibility index (Phi) is 3.05. The van der Waals surface area contributed by atoms with Gasteiger partial charge in [0.2, 0.25) is 0 Å². The van der Waals surface area contributed by atoms with Gasteiger partial charge < -0.3 is 5.32 Å². The predicted octanol–water partition coefficient (Wildman–Crippen LogP) is 1.24. The molecule has 2 amide bonds. The molecule has 2 N–H and O–H groups in total. The van der Waals surface area contributed by atoms with Crippen LogP contribution in [0.2, 0.25) is 0 Å². The first-order valence-corrected chi connectivity index (χ1v) is 5.21. The molecule has 5 heteroatoms. The van der Waals surface area contributed by atoms with Crippen molar-refractivity contribution in [1.82, 2.24) is 15.8 Å². The molecule has 1 heterocycles. The lowest BCUT2D eigenvalue weighted by atomic mass is 10.2. The van der Waals surface area contributed by atoms with Gasteiger partial charge in [0.15, 0.2) is 0 Å². The van der Waals surface area contributed by atoms with E-state index >= 15 is 0 Å². The Bertz CT molecular complexity index is 397. The third-order valence-corrected chi connectivity index (χ3v) is 2.63. The smallest absolute Gasteiger partial charge is 0.329 e. The van der Waals surface area contributed by atoms with Crippen LogP contribution >= 0.6 is 0 Å². The van der Waals surface area contributed by atoms with Gasteiger partial charge >= 0.3 is 6.03 Å². The third kappa shape index (κ3) is 2.30. The summed E-state index contributed by atoms with van der Waals surface area (Å²) in [5, 5.41) is 4.41. The topological polar surface area (TPSA) is 44.4 Å². The van der Waals surface area contributed by atoms with Crippen molar-refractivity contribution in [2.75, 3.05) is 6.54 Å². The molecular weight excluding hydrogens is 209 g/mol. The van der Waals surface area contributed by atoms with Crippen LogP contribution in [0.3, 0.4) is 0 Å². The van der Waals surface area contributed by atoms with Crippen molar-refractivity contribution < 1.29 is 9.18 Å². The van der Waals surface area contributed by atoms with E-state index in [1.165, 1.54) is 6.07 Å². The summed E-state index contributed by atoms with van der Waals surface area (Å²) in [4.78, 5) is 11.1. The van der Waals surface area contributed by atoms with Crippen molar-refractivity contribution in [3.05, 3.63) is 35.6 Å². The predicted molar refractivity (Wildman–Crippen MR) is 57.9 cm³/mol. The van der Waals surface area contributed by atoms with Crippen molar-refractivity contribution in [3.8, 4) is 0 Å². The Balaban J connectivity index is 2.08. The highest BCUT2D eigenvalue weighted by Gasteiger charge is 2.22. The number of rotatable bonds is 2. The summed E-state index contributed by atoms with van der Waals surface area (Å²) in [5.74, 6) is -0.248. The van der Waals surface area contributed by atoms with E-state index in [-0.39, 0.29) is 17.9 Å². The number of nitrogens with zero attached hydrogens (tertiary/aromatic N) is 1. The SMILES string of the molecule is C[C@H]1CNC(=O)NN1Cc1ccccc1F. The lowest BCUT2D eigenvalue weighted by molar-refractivity contribution is 0.107. The normalized spacial score (nSPS) is 21.4. The number of amides is 2. The van der Waals surface area contributed by atoms with Gasteiger partial charge in [-0.2, -0.15) is 0 Å². The Hall–Kier alpha value is -1.62. The molecule has 1 fully saturated rings. The summed E-state index contributed by atoms with van der Waals surface area (Å²) in [6.45, 7) is 2.91. The lowest BCUT2D eigenvalue weighted by Crippen LogP contribution is -2.59. The van der Waals surface area contributed by atoms with Crippen LogP contribution in [0.25, 0.3) is 0 Å². The van der Waals surface area contributed by atoms with Gasteiger partial charge in [-0.05, 0) is 13.0 Å². The molecule has 0 aromatic heterocycles. The number of hydrogen-bond acceptors (Lipinski definition) is 2. The number of nitrogens with one attached hydrogen (secondary N) is 2. The van der Waals surface area contributed by atoms with Gasteiger partial charge in [-0.3, -0.25) is 5.43 Å². The summed E-state index contributed by atoms with van der Waals surface area (Å²) in [6.07, 6.45) is 0. The fourth-order valence-electron chi connectivity index (χ4n) is 1.64. The molecule has 0 bridgehead atoms. The molecule has 1 aromatic rings. The van der Waals surface area contributed by atoms with Crippen LogP contribution < -0.4 is 10.7 Å². The molecule has 0 radical (unpaired) electrons. The average molecular weight is 223 g/mol. The number of hydrogen-bond donors (Lipinski definition) is 2. The van der Waals surface area contributed by atoms with E-state index in [1.54, 1.807) is 23.2 Å². The summed E-state index contributed by atoms with van der Waals surface area (Å²) in [6, 6.07) is 6.47. The fourth-order valence-corrected chi connectivity index (χ4v) is 1.64. The molecule has 1 aliphatic rings. The van der Waals surface area contributed by atoms with E-state index in [1.807, 2.05) is 6.92 Å². The van der Waals surface area contributed by atoms with Crippen LogP contribution in [0.4, 0.5) is 9.18 Å². The molecule has 0 spiro atoms. The minimum Gasteiger partial charge on any atom is -0.335 e. The van der Waals surface area contributed by atoms with Crippen molar-refractivity contribution in [1.29, 1.82) is 0 Å². The molecule has 0 saturated carbocycles. The molecule has 16 heavy (non-hydrogen) atoms. The van der Waals surface area contributed by atoms with Gasteiger partial charge in [0, 0.05) is 24.7 Å². The maximum atomic E-state index is 13.4. The monoisotopic (exact) mass is 223 g/mol. The number of benzene rings is 1. The van der Waals surface area contributed by atoms with Gasteiger partial charge in [0.1, 0.15) is 5.82 Å². The number of carbonyl (C=O) groups excluding carboxylic acids is 1. The zero-order valence-electron chi connectivity index (χ0n) is 9.03. The number of halogens is 1. The second-order valence-corrected chi connectivity index (χ2v) is 3.89. The Morgan fingerprint density at radius 2 is 2.25 bits per heavy atom. The maximum absolute atomic E-state index is 13.4. The first-order valence-electron chi connectivity index (χ1n) is 5.21. The molecule has 2 rings (SSSR count). The largest absolute Gasteiger partial charge is 0.335 e. The standard InChI is InChI=1S/C11H14FN3O/c1-8-6-13-11(16)14-15(8)7-9-4-2-3-5-10(9)12/h2-5,8H,6-7H2,1H3,(H2,13,14,16)/t8-/m0/s1. The molecule has 1 atom stereocenters. The van der Waals surface area contributed by atoms with Crippen molar-refractivity contribution in [3.63, 3.8) is 0 Å². The van der Waals surface area contributed by atoms with Crippen molar-refractivity contribution in [2.45, 2.75) is 19.5 Å². The second kappa shape index (κ2) is 4.49. The molecule has 1 aromatic carbocycles. The maximum Gasteiger partial charge on any atom is 0.329 e. The second-order valence-electron chi connectivity index (χ2n) is 3.89. The Morgan fingerprint density at radius 1 is 1.50 bits per heavy atom. The van der Waals surface area contributed by atoms with Gasteiger partial charge in [0.05, 0.1) is 0 Å². The molecule has 1 saturated heterocycles. The van der Waals surface area contributed by atoms with Crippen molar-refractivity contribution in [2.24, 2.45) is 0 Å². The molecule has 1 aliphatic heterocycles. The summed E-state index contributed by atoms with van der Waals surface area (Å²) < 4.78 is 13.4. The van der Waals surface area contributed by atoms with Crippen LogP contribution in [0, 0.1) is 5.82 Å². The lowest BCUT2D eigenvalue weighted by Gasteiger charge is -2.34. The molecule has 86 valence electrons. The fraction of sp³-hybridized carbons (Fsp3) is 0.364. The van der Waals surface area contributed by atoms with Gasteiger partial charge in [-0.1, -0.05) is 18.2 Å². The molecular formula is C11H14FN3O. The van der Waals surface area contributed by atoms with Gasteiger partial charge in [-0.15, -0.1) is 0 Å². The number of hydrazine groups is 1. The van der Waals surface area contributed by atoms with E-state index in [0.29, 0.717) is 18.7 Å². The summed E-state index contributed by atoms with van der Waals surface area (Å²) >= 11 is 0. The quantitative estimate of drug-likeness (QED) is 0.792. The highest BCUT2D eigenvalue weighted by atomic mass is 19.1. The third-order valence-electron chi connectivity index (χ3n) is 2.63. The first-order chi connectivity index (χ1) is 7.66. The van der Waals surface area contributed by atoms with Crippen LogP contribution in [0.15, 0.2) is 24.3 Å². The zero-order chi connectivity index (χ0) is 11.5. The van der Waals surface area contributed by atoms with E-state index in [4.69, 9.17) is 0 Å². The highest BCUT2D eigenvalue weighted by molar-refractivity contribution is 5.74. The highest BCUT2D eigenvalue weighted by Crippen LogP contribution is 2.11. The van der Waals surface area contributed by atoms with Crippen LogP contribution in [0.1, 0.15) is 12.5 Å². The number of urea groups is 1. The van der Waals surface area contributed by atoms with E-state index in [2.05, 4.69) is 10.7 Å². The van der Waals surface area contributed by atoms with Gasteiger partial charge in [-0.25, -0.2) is 14.2 Å². The van der Waals surface area contributed by atoms with E-state index in [9.17, 15) is 9.18 Å². The zero-order valence-corrected chi connectivity index (χ0v) is 9.03. The number of carbonyl (C=O) groups is 1. The van der Waals surface area contributed by atoms with Crippen molar-refractivity contribution >= 4 is 6.03 Å². The van der Waals surface area contributed by atoms with Crippen LogP contribution in [-0.2, 0) is 6.54 Å². The van der Waals surface area contributed by atoms with Crippen LogP contribution in [-0.4, -0.2) is 23.6 Å². The average Bonchev–Trinajstić information content (AvgIpc) is 2.27. The Labute approximate surface area is 93.4 Å². The minimum absolute atomic E-state index is 0.136. The molecule has 0 aliphatic carbocycles. The van der Waals surface area contributed by atoms with Gasteiger partial charge in [0.25, 0.3) is 0 Å². The first kappa shape index (κ1) is 10.9. The summed E-state index contributed by atoms with van der Waals surface area (Å²) in [5.41, 5.74) is 3.24. The Morgan fingerprint density at radius 3 is 3.00 bits per heavy atom. The molecule has 4 nitrogen and oxygen atoms in total.